The van der Waals surface area contributed by atoms with E-state index in [2.05, 4.69) is 5.32 Å². The molecule has 0 aromatic heterocycles. The molecular weight excluding hydrogens is 451 g/mol. The van der Waals surface area contributed by atoms with Crippen LogP contribution in [0.25, 0.3) is 0 Å². The van der Waals surface area contributed by atoms with Crippen molar-refractivity contribution in [2.24, 2.45) is 23.7 Å². The molecule has 0 amide bonds. The number of alkyl halides is 6. The minimum atomic E-state index is -4.91. The van der Waals surface area contributed by atoms with Gasteiger partial charge in [0.05, 0.1) is 23.3 Å². The van der Waals surface area contributed by atoms with E-state index in [1.54, 1.807) is 0 Å². The van der Waals surface area contributed by atoms with Crippen LogP contribution in [-0.4, -0.2) is 19.2 Å². The second-order valence-corrected chi connectivity index (χ2v) is 9.24. The van der Waals surface area contributed by atoms with Crippen molar-refractivity contribution in [1.29, 1.82) is 0 Å². The third-order valence-corrected chi connectivity index (χ3v) is 7.18. The molecule has 0 spiro atoms. The molecule has 6 atom stereocenters. The van der Waals surface area contributed by atoms with Crippen LogP contribution in [0.15, 0.2) is 42.3 Å². The van der Waals surface area contributed by atoms with E-state index in [9.17, 15) is 30.7 Å². The maximum atomic E-state index is 13.5. The highest BCUT2D eigenvalue weighted by Gasteiger charge is 2.46. The molecule has 0 bridgehead atoms. The predicted octanol–water partition coefficient (Wildman–Crippen LogP) is 6.85. The van der Waals surface area contributed by atoms with E-state index < -0.39 is 29.6 Å². The Kier molecular flexibility index (Phi) is 6.66. The standard InChI is InChI=1S/C24H26F7NO/c1-13(16-8-17(23(26,27)28)10-18(9-16)24(29,30)31)33-21-7-4-15-11-32-12-20(15)22(21)14-2-5-19(25)6-3-14/h2,5-6,8-10,13-15,20-22,32H,3-4,7,11-12H2,1H3/t13-,14?,15+,20-,21+,22+/m0/s1. The molecule has 182 valence electrons. The van der Waals surface area contributed by atoms with Gasteiger partial charge in [0.15, 0.2) is 0 Å². The Morgan fingerprint density at radius 3 is 2.21 bits per heavy atom. The molecule has 1 aromatic carbocycles. The first kappa shape index (κ1) is 24.3. The summed E-state index contributed by atoms with van der Waals surface area (Å²) in [6.07, 6.45) is -4.38. The topological polar surface area (TPSA) is 21.3 Å². The smallest absolute Gasteiger partial charge is 0.370 e. The molecule has 4 rings (SSSR count). The lowest BCUT2D eigenvalue weighted by Crippen LogP contribution is -2.43. The van der Waals surface area contributed by atoms with E-state index in [1.807, 2.05) is 6.08 Å². The van der Waals surface area contributed by atoms with E-state index in [0.717, 1.165) is 31.6 Å². The molecule has 1 aliphatic heterocycles. The zero-order chi connectivity index (χ0) is 24.0. The zero-order valence-corrected chi connectivity index (χ0v) is 18.0. The fraction of sp³-hybridized carbons (Fsp3) is 0.583. The number of allylic oxidation sites excluding steroid dienone is 4. The first-order valence-corrected chi connectivity index (χ1v) is 11.1. The Hall–Kier alpha value is -1.87. The van der Waals surface area contributed by atoms with Crippen LogP contribution in [0.1, 0.15) is 49.0 Å². The van der Waals surface area contributed by atoms with Crippen molar-refractivity contribution in [3.63, 3.8) is 0 Å². The van der Waals surface area contributed by atoms with Crippen LogP contribution >= 0.6 is 0 Å². The first-order valence-electron chi connectivity index (χ1n) is 11.1. The third-order valence-electron chi connectivity index (χ3n) is 7.18. The molecule has 1 unspecified atom stereocenters. The van der Waals surface area contributed by atoms with Crippen LogP contribution in [-0.2, 0) is 17.1 Å². The zero-order valence-electron chi connectivity index (χ0n) is 18.0. The number of rotatable bonds is 4. The first-order chi connectivity index (χ1) is 15.4. The van der Waals surface area contributed by atoms with Gasteiger partial charge in [0.1, 0.15) is 5.83 Å². The van der Waals surface area contributed by atoms with E-state index in [4.69, 9.17) is 4.74 Å². The highest BCUT2D eigenvalue weighted by atomic mass is 19.4. The van der Waals surface area contributed by atoms with Gasteiger partial charge >= 0.3 is 12.4 Å². The lowest BCUT2D eigenvalue weighted by Gasteiger charge is -2.44. The average Bonchev–Trinajstić information content (AvgIpc) is 3.21. The van der Waals surface area contributed by atoms with Crippen LogP contribution in [0.5, 0.6) is 0 Å². The molecule has 1 saturated heterocycles. The number of nitrogens with one attached hydrogen (secondary N) is 1. The largest absolute Gasteiger partial charge is 0.416 e. The van der Waals surface area contributed by atoms with Crippen LogP contribution < -0.4 is 5.32 Å². The average molecular weight is 477 g/mol. The number of hydrogen-bond donors (Lipinski definition) is 1. The molecule has 2 nitrogen and oxygen atoms in total. The van der Waals surface area contributed by atoms with Gasteiger partial charge in [-0.2, -0.15) is 26.3 Å². The summed E-state index contributed by atoms with van der Waals surface area (Å²) in [6, 6.07) is 1.59. The molecule has 9 heteroatoms. The van der Waals surface area contributed by atoms with E-state index >= 15 is 0 Å². The molecule has 1 N–H and O–H groups in total. The van der Waals surface area contributed by atoms with E-state index in [0.29, 0.717) is 18.8 Å². The minimum Gasteiger partial charge on any atom is -0.370 e. The Morgan fingerprint density at radius 2 is 1.64 bits per heavy atom. The third kappa shape index (κ3) is 5.29. The van der Waals surface area contributed by atoms with Gasteiger partial charge in [-0.1, -0.05) is 6.08 Å². The number of ether oxygens (including phenoxy) is 1. The molecule has 2 fully saturated rings. The summed E-state index contributed by atoms with van der Waals surface area (Å²) in [6.45, 7) is 3.12. The molecule has 1 saturated carbocycles. The fourth-order valence-corrected chi connectivity index (χ4v) is 5.57. The van der Waals surface area contributed by atoms with Gasteiger partial charge in [-0.25, -0.2) is 4.39 Å². The van der Waals surface area contributed by atoms with Gasteiger partial charge in [-0.05, 0) is 98.9 Å². The number of halogens is 7. The lowest BCUT2D eigenvalue weighted by molar-refractivity contribution is -0.143. The van der Waals surface area contributed by atoms with Gasteiger partial charge in [0, 0.05) is 0 Å². The highest BCUT2D eigenvalue weighted by molar-refractivity contribution is 5.34. The van der Waals surface area contributed by atoms with Gasteiger partial charge < -0.3 is 10.1 Å². The van der Waals surface area contributed by atoms with Gasteiger partial charge in [-0.15, -0.1) is 0 Å². The summed E-state index contributed by atoms with van der Waals surface area (Å²) >= 11 is 0. The quantitative estimate of drug-likeness (QED) is 0.479. The van der Waals surface area contributed by atoms with Crippen molar-refractivity contribution in [2.75, 3.05) is 13.1 Å². The van der Waals surface area contributed by atoms with Crippen LogP contribution in [0.4, 0.5) is 30.7 Å². The van der Waals surface area contributed by atoms with Gasteiger partial charge in [-0.3, -0.25) is 0 Å². The van der Waals surface area contributed by atoms with Gasteiger partial charge in [0.2, 0.25) is 0 Å². The van der Waals surface area contributed by atoms with E-state index in [-0.39, 0.29) is 41.3 Å². The molecule has 33 heavy (non-hydrogen) atoms. The van der Waals surface area contributed by atoms with Crippen molar-refractivity contribution in [3.8, 4) is 0 Å². The Labute approximate surface area is 187 Å². The molecule has 2 aliphatic carbocycles. The summed E-state index contributed by atoms with van der Waals surface area (Å²) in [7, 11) is 0. The number of hydrogen-bond acceptors (Lipinski definition) is 2. The maximum absolute atomic E-state index is 13.5. The lowest BCUT2D eigenvalue weighted by atomic mass is 9.65. The summed E-state index contributed by atoms with van der Waals surface area (Å²) in [5, 5.41) is 3.38. The van der Waals surface area contributed by atoms with Crippen molar-refractivity contribution in [3.05, 3.63) is 58.9 Å². The second kappa shape index (κ2) is 9.06. The molecule has 1 aromatic rings. The van der Waals surface area contributed by atoms with Crippen molar-refractivity contribution >= 4 is 0 Å². The molecular formula is C24H26F7NO. The van der Waals surface area contributed by atoms with Crippen LogP contribution in [0, 0.1) is 23.7 Å². The monoisotopic (exact) mass is 477 g/mol. The number of benzene rings is 1. The maximum Gasteiger partial charge on any atom is 0.416 e. The van der Waals surface area contributed by atoms with Crippen molar-refractivity contribution in [1.82, 2.24) is 5.32 Å². The summed E-state index contributed by atoms with van der Waals surface area (Å²) < 4.78 is 99.4. The normalized spacial score (nSPS) is 31.3. The predicted molar refractivity (Wildman–Crippen MR) is 109 cm³/mol. The highest BCUT2D eigenvalue weighted by Crippen LogP contribution is 2.46. The summed E-state index contributed by atoms with van der Waals surface area (Å²) in [5.41, 5.74) is -2.86. The van der Waals surface area contributed by atoms with Crippen LogP contribution in [0.3, 0.4) is 0 Å². The minimum absolute atomic E-state index is 0.00152. The van der Waals surface area contributed by atoms with Gasteiger partial charge in [0.25, 0.3) is 0 Å². The van der Waals surface area contributed by atoms with Crippen molar-refractivity contribution < 1.29 is 35.5 Å². The molecule has 1 heterocycles. The summed E-state index contributed by atoms with van der Waals surface area (Å²) in [5.74, 6) is 0.376. The van der Waals surface area contributed by atoms with Crippen LogP contribution in [0.2, 0.25) is 0 Å². The van der Waals surface area contributed by atoms with Crippen molar-refractivity contribution in [2.45, 2.75) is 50.7 Å². The second-order valence-electron chi connectivity index (χ2n) is 9.24. The SMILES string of the molecule is C[C@H](O[C@@H]1CC[C@@H]2CNC[C@@H]2[C@H]1C1C=CC(F)=CC1)c1cc(C(F)(F)F)cc(C(F)(F)F)c1. The Bertz CT molecular complexity index is 888. The Morgan fingerprint density at radius 1 is 0.970 bits per heavy atom. The number of fused-ring (bicyclic) bond motifs is 1. The fourth-order valence-electron chi connectivity index (χ4n) is 5.57. The summed E-state index contributed by atoms with van der Waals surface area (Å²) in [4.78, 5) is 0. The molecule has 3 aliphatic rings. The molecule has 0 radical (unpaired) electrons. The van der Waals surface area contributed by atoms with E-state index in [1.165, 1.54) is 19.1 Å². The Balaban J connectivity index is 1.61.